The van der Waals surface area contributed by atoms with Crippen LogP contribution in [-0.2, 0) is 17.7 Å². The van der Waals surface area contributed by atoms with Gasteiger partial charge in [0.1, 0.15) is 0 Å². The van der Waals surface area contributed by atoms with Crippen LogP contribution >= 0.6 is 35.6 Å². The van der Waals surface area contributed by atoms with Gasteiger partial charge in [-0.1, -0.05) is 35.9 Å². The van der Waals surface area contributed by atoms with E-state index >= 15 is 0 Å². The molecule has 0 spiro atoms. The molecule has 0 unspecified atom stereocenters. The minimum Gasteiger partial charge on any atom is -0.465 e. The highest BCUT2D eigenvalue weighted by Crippen LogP contribution is 2.10. The number of carbonyl (C=O) groups excluding carboxylic acids is 1. The van der Waals surface area contributed by atoms with Crippen LogP contribution in [0.25, 0.3) is 0 Å². The largest absolute Gasteiger partial charge is 0.465 e. The Morgan fingerprint density at radius 3 is 2.46 bits per heavy atom. The monoisotopic (exact) mass is 487 g/mol. The van der Waals surface area contributed by atoms with E-state index in [1.54, 1.807) is 19.2 Å². The van der Waals surface area contributed by atoms with E-state index in [2.05, 4.69) is 15.6 Å². The quantitative estimate of drug-likeness (QED) is 0.283. The number of benzene rings is 2. The molecule has 5 nitrogen and oxygen atoms in total. The Morgan fingerprint density at radius 1 is 1.12 bits per heavy atom. The van der Waals surface area contributed by atoms with Crippen LogP contribution in [0.3, 0.4) is 0 Å². The van der Waals surface area contributed by atoms with E-state index in [9.17, 15) is 4.79 Å². The molecule has 0 radical (unpaired) electrons. The van der Waals surface area contributed by atoms with Gasteiger partial charge in [0.15, 0.2) is 5.96 Å². The second-order valence-electron chi connectivity index (χ2n) is 5.42. The molecule has 7 heteroatoms. The summed E-state index contributed by atoms with van der Waals surface area (Å²) in [5.41, 5.74) is 2.78. The minimum absolute atomic E-state index is 0. The number of methoxy groups -OCH3 is 1. The number of halogens is 2. The van der Waals surface area contributed by atoms with E-state index in [1.807, 2.05) is 36.4 Å². The molecular weight excluding hydrogens is 465 g/mol. The van der Waals surface area contributed by atoms with Crippen molar-refractivity contribution in [1.29, 1.82) is 0 Å². The van der Waals surface area contributed by atoms with Gasteiger partial charge in [-0.3, -0.25) is 4.99 Å². The van der Waals surface area contributed by atoms with Crippen LogP contribution in [0.5, 0.6) is 0 Å². The molecule has 2 aromatic rings. The van der Waals surface area contributed by atoms with Gasteiger partial charge in [-0.2, -0.15) is 0 Å². The molecule has 0 aromatic heterocycles. The lowest BCUT2D eigenvalue weighted by Gasteiger charge is -2.12. The third-order valence-electron chi connectivity index (χ3n) is 3.65. The fourth-order valence-electron chi connectivity index (χ4n) is 2.30. The molecule has 0 amide bonds. The lowest BCUT2D eigenvalue weighted by atomic mass is 10.1. The molecule has 0 aliphatic rings. The van der Waals surface area contributed by atoms with Crippen LogP contribution in [0, 0.1) is 0 Å². The number of aliphatic imine (C=N–C) groups is 1. The first-order chi connectivity index (χ1) is 12.1. The summed E-state index contributed by atoms with van der Waals surface area (Å²) in [5, 5.41) is 7.24. The molecule has 140 valence electrons. The van der Waals surface area contributed by atoms with Crippen molar-refractivity contribution >= 4 is 47.5 Å². The molecule has 0 fully saturated rings. The van der Waals surface area contributed by atoms with Gasteiger partial charge < -0.3 is 15.4 Å². The zero-order valence-corrected chi connectivity index (χ0v) is 17.9. The highest BCUT2D eigenvalue weighted by atomic mass is 127. The van der Waals surface area contributed by atoms with E-state index < -0.39 is 0 Å². The van der Waals surface area contributed by atoms with Gasteiger partial charge in [-0.05, 0) is 41.8 Å². The van der Waals surface area contributed by atoms with Crippen LogP contribution in [-0.4, -0.2) is 32.6 Å². The summed E-state index contributed by atoms with van der Waals surface area (Å²) in [7, 11) is 3.11. The standard InChI is InChI=1S/C19H22ClN3O2.HI/c1-21-19(23-13-15-4-3-5-17(20)12-15)22-11-10-14-6-8-16(9-7-14)18(24)25-2;/h3-9,12H,10-11,13H2,1-2H3,(H2,21,22,23);1H. The maximum atomic E-state index is 11.4. The highest BCUT2D eigenvalue weighted by Gasteiger charge is 2.04. The van der Waals surface area contributed by atoms with Crippen molar-refractivity contribution in [2.75, 3.05) is 20.7 Å². The highest BCUT2D eigenvalue weighted by molar-refractivity contribution is 14.0. The van der Waals surface area contributed by atoms with E-state index in [0.717, 1.165) is 35.1 Å². The summed E-state index contributed by atoms with van der Waals surface area (Å²) in [6, 6.07) is 15.1. The molecule has 0 atom stereocenters. The van der Waals surface area contributed by atoms with Gasteiger partial charge in [0.05, 0.1) is 12.7 Å². The molecule has 0 heterocycles. The number of hydrogen-bond donors (Lipinski definition) is 2. The first-order valence-electron chi connectivity index (χ1n) is 7.98. The summed E-state index contributed by atoms with van der Waals surface area (Å²) in [6.07, 6.45) is 0.819. The van der Waals surface area contributed by atoms with Gasteiger partial charge in [-0.15, -0.1) is 24.0 Å². The Hall–Kier alpha value is -1.80. The van der Waals surface area contributed by atoms with Gasteiger partial charge >= 0.3 is 5.97 Å². The van der Waals surface area contributed by atoms with Crippen LogP contribution in [0.1, 0.15) is 21.5 Å². The molecule has 0 aliphatic carbocycles. The van der Waals surface area contributed by atoms with Crippen molar-refractivity contribution in [3.05, 3.63) is 70.2 Å². The van der Waals surface area contributed by atoms with Crippen LogP contribution < -0.4 is 10.6 Å². The third-order valence-corrected chi connectivity index (χ3v) is 3.89. The fourth-order valence-corrected chi connectivity index (χ4v) is 2.52. The lowest BCUT2D eigenvalue weighted by Crippen LogP contribution is -2.37. The number of esters is 1. The predicted octanol–water partition coefficient (Wildman–Crippen LogP) is 3.65. The van der Waals surface area contributed by atoms with Crippen molar-refractivity contribution in [1.82, 2.24) is 10.6 Å². The van der Waals surface area contributed by atoms with E-state index in [4.69, 9.17) is 16.3 Å². The summed E-state index contributed by atoms with van der Waals surface area (Å²) in [5.74, 6) is 0.404. The number of ether oxygens (including phenoxy) is 1. The molecule has 0 saturated carbocycles. The third kappa shape index (κ3) is 7.21. The van der Waals surface area contributed by atoms with Gasteiger partial charge in [0, 0.05) is 25.2 Å². The molecule has 0 bridgehead atoms. The number of guanidine groups is 1. The average molecular weight is 488 g/mol. The van der Waals surface area contributed by atoms with Crippen LogP contribution in [0.15, 0.2) is 53.5 Å². The smallest absolute Gasteiger partial charge is 0.337 e. The van der Waals surface area contributed by atoms with Crippen molar-refractivity contribution < 1.29 is 9.53 Å². The van der Waals surface area contributed by atoms with Crippen molar-refractivity contribution in [3.63, 3.8) is 0 Å². The van der Waals surface area contributed by atoms with Crippen LogP contribution in [0.4, 0.5) is 0 Å². The predicted molar refractivity (Wildman–Crippen MR) is 117 cm³/mol. The summed E-state index contributed by atoms with van der Waals surface area (Å²) in [6.45, 7) is 1.38. The Labute approximate surface area is 176 Å². The second-order valence-corrected chi connectivity index (χ2v) is 5.86. The van der Waals surface area contributed by atoms with E-state index in [0.29, 0.717) is 12.1 Å². The molecular formula is C19H23ClIN3O2. The van der Waals surface area contributed by atoms with Crippen molar-refractivity contribution in [2.24, 2.45) is 4.99 Å². The summed E-state index contributed by atoms with van der Waals surface area (Å²) in [4.78, 5) is 15.6. The van der Waals surface area contributed by atoms with Gasteiger partial charge in [0.2, 0.25) is 0 Å². The first kappa shape index (κ1) is 22.2. The molecule has 2 aromatic carbocycles. The number of rotatable bonds is 6. The Kier molecular flexibility index (Phi) is 10.0. The zero-order valence-electron chi connectivity index (χ0n) is 14.8. The SMILES string of the molecule is CN=C(NCCc1ccc(C(=O)OC)cc1)NCc1cccc(Cl)c1.I. The summed E-state index contributed by atoms with van der Waals surface area (Å²) >= 11 is 5.98. The number of nitrogens with one attached hydrogen (secondary N) is 2. The zero-order chi connectivity index (χ0) is 18.1. The van der Waals surface area contributed by atoms with Crippen molar-refractivity contribution in [3.8, 4) is 0 Å². The molecule has 0 saturated heterocycles. The minimum atomic E-state index is -0.324. The van der Waals surface area contributed by atoms with Gasteiger partial charge in [-0.25, -0.2) is 4.79 Å². The fraction of sp³-hybridized carbons (Fsp3) is 0.263. The van der Waals surface area contributed by atoms with E-state index in [-0.39, 0.29) is 29.9 Å². The maximum Gasteiger partial charge on any atom is 0.337 e. The maximum absolute atomic E-state index is 11.4. The Balaban J connectivity index is 0.00000338. The normalized spacial score (nSPS) is 10.7. The first-order valence-corrected chi connectivity index (χ1v) is 8.36. The second kappa shape index (κ2) is 11.7. The summed E-state index contributed by atoms with van der Waals surface area (Å²) < 4.78 is 4.69. The molecule has 2 N–H and O–H groups in total. The average Bonchev–Trinajstić information content (AvgIpc) is 2.64. The lowest BCUT2D eigenvalue weighted by molar-refractivity contribution is 0.0600. The molecule has 26 heavy (non-hydrogen) atoms. The Morgan fingerprint density at radius 2 is 1.85 bits per heavy atom. The Bertz CT molecular complexity index is 736. The van der Waals surface area contributed by atoms with Crippen LogP contribution in [0.2, 0.25) is 5.02 Å². The number of carbonyl (C=O) groups is 1. The van der Waals surface area contributed by atoms with E-state index in [1.165, 1.54) is 7.11 Å². The molecule has 2 rings (SSSR count). The number of nitrogens with zero attached hydrogens (tertiary/aromatic N) is 1. The van der Waals surface area contributed by atoms with Gasteiger partial charge in [0.25, 0.3) is 0 Å². The molecule has 0 aliphatic heterocycles. The van der Waals surface area contributed by atoms with Crippen molar-refractivity contribution in [2.45, 2.75) is 13.0 Å². The topological polar surface area (TPSA) is 62.7 Å². The number of hydrogen-bond acceptors (Lipinski definition) is 3.